The second-order valence-electron chi connectivity index (χ2n) is 5.93. The summed E-state index contributed by atoms with van der Waals surface area (Å²) in [7, 11) is -3.55. The van der Waals surface area contributed by atoms with Crippen molar-refractivity contribution in [2.45, 2.75) is 24.7 Å². The fourth-order valence-electron chi connectivity index (χ4n) is 2.88. The molecule has 0 unspecified atom stereocenters. The van der Waals surface area contributed by atoms with E-state index in [0.717, 1.165) is 17.3 Å². The molecule has 2 aromatic rings. The normalized spacial score (nSPS) is 11.3. The van der Waals surface area contributed by atoms with E-state index < -0.39 is 9.84 Å². The summed E-state index contributed by atoms with van der Waals surface area (Å²) >= 11 is 9.25. The Morgan fingerprint density at radius 2 is 1.85 bits per heavy atom. The van der Waals surface area contributed by atoms with E-state index in [1.165, 1.54) is 6.08 Å². The van der Waals surface area contributed by atoms with E-state index in [-0.39, 0.29) is 16.4 Å². The number of halogens is 2. The molecule has 0 radical (unpaired) electrons. The molecule has 0 N–H and O–H groups in total. The molecule has 2 rings (SSSR count). The van der Waals surface area contributed by atoms with Crippen LogP contribution in [-0.2, 0) is 16.3 Å². The Kier molecular flexibility index (Phi) is 7.21. The Morgan fingerprint density at radius 1 is 1.19 bits per heavy atom. The number of aryl methyl sites for hydroxylation is 1. The van der Waals surface area contributed by atoms with Crippen molar-refractivity contribution in [2.24, 2.45) is 0 Å². The van der Waals surface area contributed by atoms with Crippen LogP contribution >= 0.6 is 27.5 Å². The minimum absolute atomic E-state index is 0.159. The minimum atomic E-state index is -3.55. The molecule has 0 aromatic heterocycles. The van der Waals surface area contributed by atoms with Crippen molar-refractivity contribution in [3.8, 4) is 0 Å². The van der Waals surface area contributed by atoms with Gasteiger partial charge in [-0.05, 0) is 55.2 Å². The average Bonchev–Trinajstić information content (AvgIpc) is 2.59. The van der Waals surface area contributed by atoms with Gasteiger partial charge in [-0.3, -0.25) is 4.79 Å². The van der Waals surface area contributed by atoms with Crippen LogP contribution in [0.25, 0.3) is 0 Å². The van der Waals surface area contributed by atoms with Gasteiger partial charge in [0.25, 0.3) is 0 Å². The first-order valence-electron chi connectivity index (χ1n) is 8.14. The van der Waals surface area contributed by atoms with E-state index in [0.29, 0.717) is 28.1 Å². The molecule has 0 saturated carbocycles. The number of hydrogen-bond acceptors (Lipinski definition) is 3. The van der Waals surface area contributed by atoms with Crippen LogP contribution in [0.4, 0.5) is 0 Å². The molecular weight excluding hydrogens is 436 g/mol. The van der Waals surface area contributed by atoms with E-state index in [1.54, 1.807) is 43.3 Å². The van der Waals surface area contributed by atoms with Crippen LogP contribution in [-0.4, -0.2) is 25.3 Å². The lowest BCUT2D eigenvalue weighted by Gasteiger charge is -2.16. The molecule has 0 fully saturated rings. The summed E-state index contributed by atoms with van der Waals surface area (Å²) in [4.78, 5) is 13.1. The fraction of sp³-hybridized carbons (Fsp3) is 0.250. The fourth-order valence-corrected chi connectivity index (χ4v) is 4.91. The minimum Gasteiger partial charge on any atom is -0.289 e. The summed E-state index contributed by atoms with van der Waals surface area (Å²) < 4.78 is 25.6. The summed E-state index contributed by atoms with van der Waals surface area (Å²) in [5.74, 6) is -0.380. The smallest absolute Gasteiger partial charge is 0.193 e. The summed E-state index contributed by atoms with van der Waals surface area (Å²) in [5.41, 5.74) is 2.07. The Balaban J connectivity index is 2.60. The number of carbonyl (C=O) groups is 1. The Labute approximate surface area is 168 Å². The van der Waals surface area contributed by atoms with Crippen molar-refractivity contribution in [1.29, 1.82) is 0 Å². The molecule has 0 amide bonds. The molecule has 0 atom stereocenters. The van der Waals surface area contributed by atoms with E-state index >= 15 is 0 Å². The second kappa shape index (κ2) is 8.98. The predicted molar refractivity (Wildman–Crippen MR) is 110 cm³/mol. The number of carbonyl (C=O) groups excluding carboxylic acids is 1. The highest BCUT2D eigenvalue weighted by Gasteiger charge is 2.24. The summed E-state index contributed by atoms with van der Waals surface area (Å²) in [6.07, 6.45) is 2.80. The largest absolute Gasteiger partial charge is 0.289 e. The van der Waals surface area contributed by atoms with Gasteiger partial charge in [0, 0.05) is 21.5 Å². The van der Waals surface area contributed by atoms with Crippen molar-refractivity contribution >= 4 is 43.2 Å². The van der Waals surface area contributed by atoms with Gasteiger partial charge in [-0.15, -0.1) is 6.58 Å². The average molecular weight is 456 g/mol. The SMILES string of the molecule is C=CCS(=O)(=O)c1c(CCCBr)ccc(C(=O)c2ccc(Cl)cc2)c1C. The molecule has 0 saturated heterocycles. The number of benzene rings is 2. The van der Waals surface area contributed by atoms with Crippen LogP contribution in [0.1, 0.15) is 33.5 Å². The lowest BCUT2D eigenvalue weighted by atomic mass is 9.96. The Morgan fingerprint density at radius 3 is 2.42 bits per heavy atom. The van der Waals surface area contributed by atoms with Crippen LogP contribution < -0.4 is 0 Å². The number of alkyl halides is 1. The van der Waals surface area contributed by atoms with Crippen molar-refractivity contribution in [3.05, 3.63) is 76.3 Å². The van der Waals surface area contributed by atoms with Gasteiger partial charge in [0.05, 0.1) is 10.6 Å². The molecule has 0 aliphatic heterocycles. The zero-order valence-corrected chi connectivity index (χ0v) is 17.6. The van der Waals surface area contributed by atoms with Gasteiger partial charge in [-0.2, -0.15) is 0 Å². The van der Waals surface area contributed by atoms with Crippen LogP contribution in [0, 0.1) is 6.92 Å². The van der Waals surface area contributed by atoms with Crippen molar-refractivity contribution < 1.29 is 13.2 Å². The third-order valence-electron chi connectivity index (χ3n) is 4.07. The molecule has 26 heavy (non-hydrogen) atoms. The number of ketones is 1. The van der Waals surface area contributed by atoms with Crippen LogP contribution in [0.5, 0.6) is 0 Å². The summed E-state index contributed by atoms with van der Waals surface area (Å²) in [6, 6.07) is 10.0. The Bertz CT molecular complexity index is 919. The molecule has 0 heterocycles. The molecule has 0 bridgehead atoms. The number of rotatable bonds is 8. The molecule has 0 aliphatic rings. The number of sulfone groups is 1. The molecule has 0 aliphatic carbocycles. The van der Waals surface area contributed by atoms with Gasteiger partial charge < -0.3 is 0 Å². The maximum absolute atomic E-state index is 12.9. The van der Waals surface area contributed by atoms with Gasteiger partial charge in [0.1, 0.15) is 0 Å². The third kappa shape index (κ3) is 4.64. The van der Waals surface area contributed by atoms with Crippen LogP contribution in [0.3, 0.4) is 0 Å². The van der Waals surface area contributed by atoms with Gasteiger partial charge in [0.2, 0.25) is 0 Å². The van der Waals surface area contributed by atoms with Gasteiger partial charge >= 0.3 is 0 Å². The molecule has 2 aromatic carbocycles. The highest BCUT2D eigenvalue weighted by Crippen LogP contribution is 2.28. The third-order valence-corrected chi connectivity index (χ3v) is 6.74. The molecule has 0 spiro atoms. The predicted octanol–water partition coefficient (Wildman–Crippen LogP) is 5.17. The molecule has 138 valence electrons. The topological polar surface area (TPSA) is 51.2 Å². The maximum Gasteiger partial charge on any atom is 0.193 e. The highest BCUT2D eigenvalue weighted by atomic mass is 79.9. The zero-order valence-electron chi connectivity index (χ0n) is 14.5. The summed E-state index contributed by atoms with van der Waals surface area (Å²) in [5, 5.41) is 1.32. The molecular formula is C20H20BrClO3S. The van der Waals surface area contributed by atoms with Crippen LogP contribution in [0.15, 0.2) is 53.9 Å². The van der Waals surface area contributed by atoms with Crippen LogP contribution in [0.2, 0.25) is 5.02 Å². The van der Waals surface area contributed by atoms with E-state index in [4.69, 9.17) is 11.6 Å². The number of hydrogen-bond donors (Lipinski definition) is 0. The van der Waals surface area contributed by atoms with Crippen molar-refractivity contribution in [1.82, 2.24) is 0 Å². The molecule has 6 heteroatoms. The van der Waals surface area contributed by atoms with Crippen molar-refractivity contribution in [3.63, 3.8) is 0 Å². The first-order chi connectivity index (χ1) is 12.3. The quantitative estimate of drug-likeness (QED) is 0.313. The van der Waals surface area contributed by atoms with E-state index in [1.807, 2.05) is 0 Å². The van der Waals surface area contributed by atoms with E-state index in [9.17, 15) is 13.2 Å². The first-order valence-corrected chi connectivity index (χ1v) is 11.3. The van der Waals surface area contributed by atoms with Gasteiger partial charge in [-0.25, -0.2) is 8.42 Å². The highest BCUT2D eigenvalue weighted by molar-refractivity contribution is 9.09. The lowest BCUT2D eigenvalue weighted by molar-refractivity contribution is 0.103. The van der Waals surface area contributed by atoms with Gasteiger partial charge in [0.15, 0.2) is 15.6 Å². The lowest BCUT2D eigenvalue weighted by Crippen LogP contribution is -2.14. The molecule has 3 nitrogen and oxygen atoms in total. The van der Waals surface area contributed by atoms with E-state index in [2.05, 4.69) is 22.5 Å². The van der Waals surface area contributed by atoms with Gasteiger partial charge in [-0.1, -0.05) is 45.7 Å². The monoisotopic (exact) mass is 454 g/mol. The first kappa shape index (κ1) is 20.9. The summed E-state index contributed by atoms with van der Waals surface area (Å²) in [6.45, 7) is 5.23. The Hall–Kier alpha value is -1.43. The zero-order chi connectivity index (χ0) is 19.3. The second-order valence-corrected chi connectivity index (χ2v) is 9.13. The maximum atomic E-state index is 12.9. The standard InChI is InChI=1S/C20H20BrClO3S/c1-3-13-26(24,25)20-14(2)18(11-8-16(20)5-4-12-21)19(23)15-6-9-17(22)10-7-15/h3,6-11H,1,4-5,12-13H2,2H3. The van der Waals surface area contributed by atoms with Crippen molar-refractivity contribution in [2.75, 3.05) is 11.1 Å².